The Morgan fingerprint density at radius 1 is 1.09 bits per heavy atom. The first-order chi connectivity index (χ1) is 21.1. The number of carbonyl (C=O) groups excluding carboxylic acids is 4. The predicted molar refractivity (Wildman–Crippen MR) is 162 cm³/mol. The monoisotopic (exact) mass is 652 g/mol. The molecule has 3 aliphatic heterocycles. The minimum absolute atomic E-state index is 0.0342. The maximum absolute atomic E-state index is 13.8. The van der Waals surface area contributed by atoms with Crippen LogP contribution in [-0.4, -0.2) is 92.5 Å². The number of hydrogen-bond donors (Lipinski definition) is 0. The zero-order valence-corrected chi connectivity index (χ0v) is 27.1. The van der Waals surface area contributed by atoms with Crippen LogP contribution >= 0.6 is 21.6 Å². The predicted octanol–water partition coefficient (Wildman–Crippen LogP) is 4.34. The number of cyclic esters (lactones) is 2. The van der Waals surface area contributed by atoms with Gasteiger partial charge in [-0.3, -0.25) is 0 Å². The van der Waals surface area contributed by atoms with Gasteiger partial charge in [-0.1, -0.05) is 59.2 Å². The molecule has 13 heteroatoms. The molecule has 11 nitrogen and oxygen atoms in total. The first kappa shape index (κ1) is 32.9. The molecule has 3 heterocycles. The van der Waals surface area contributed by atoms with Crippen molar-refractivity contribution in [3.63, 3.8) is 0 Å². The summed E-state index contributed by atoms with van der Waals surface area (Å²) in [5, 5.41) is 0. The number of epoxide rings is 1. The van der Waals surface area contributed by atoms with Gasteiger partial charge in [0.2, 0.25) is 6.10 Å². The molecule has 0 unspecified atom stereocenters. The Kier molecular flexibility index (Phi) is 10.1. The summed E-state index contributed by atoms with van der Waals surface area (Å²) in [5.41, 5.74) is -1.06. The van der Waals surface area contributed by atoms with Gasteiger partial charge in [-0.25, -0.2) is 19.2 Å². The molecule has 5 rings (SSSR count). The highest BCUT2D eigenvalue weighted by Gasteiger charge is 2.83. The van der Waals surface area contributed by atoms with E-state index in [1.165, 1.54) is 35.1 Å². The van der Waals surface area contributed by atoms with E-state index in [0.717, 1.165) is 12.0 Å². The van der Waals surface area contributed by atoms with Crippen LogP contribution in [0.15, 0.2) is 36.0 Å². The van der Waals surface area contributed by atoms with Gasteiger partial charge in [0.05, 0.1) is 30.8 Å². The second-order valence-corrected chi connectivity index (χ2v) is 14.8. The van der Waals surface area contributed by atoms with Crippen molar-refractivity contribution in [1.29, 1.82) is 0 Å². The summed E-state index contributed by atoms with van der Waals surface area (Å²) < 4.78 is 40.9. The first-order valence-corrected chi connectivity index (χ1v) is 17.6. The van der Waals surface area contributed by atoms with E-state index in [2.05, 4.69) is 6.08 Å². The Morgan fingerprint density at radius 2 is 1.84 bits per heavy atom. The minimum atomic E-state index is -1.31. The number of rotatable bonds is 5. The van der Waals surface area contributed by atoms with Crippen molar-refractivity contribution in [2.45, 2.75) is 76.5 Å². The van der Waals surface area contributed by atoms with E-state index in [0.29, 0.717) is 25.2 Å². The number of allylic oxidation sites excluding steroid dienone is 3. The van der Waals surface area contributed by atoms with Crippen molar-refractivity contribution >= 4 is 45.7 Å². The molecular formula is C31H40O11S2. The van der Waals surface area contributed by atoms with Crippen LogP contribution in [-0.2, 0) is 47.5 Å². The van der Waals surface area contributed by atoms with E-state index in [9.17, 15) is 19.2 Å². The zero-order valence-electron chi connectivity index (χ0n) is 25.4. The lowest BCUT2D eigenvalue weighted by Crippen LogP contribution is -2.67. The summed E-state index contributed by atoms with van der Waals surface area (Å²) in [4.78, 5) is 51.5. The fraction of sp³-hybridized carbons (Fsp3) is 0.677. The van der Waals surface area contributed by atoms with Crippen molar-refractivity contribution in [3.05, 3.63) is 36.0 Å². The van der Waals surface area contributed by atoms with Crippen LogP contribution < -0.4 is 0 Å². The number of carbonyl (C=O) groups is 4. The average molecular weight is 653 g/mol. The van der Waals surface area contributed by atoms with Gasteiger partial charge >= 0.3 is 24.1 Å². The summed E-state index contributed by atoms with van der Waals surface area (Å²) in [6, 6.07) is 0. The van der Waals surface area contributed by atoms with E-state index in [4.69, 9.17) is 33.2 Å². The lowest BCUT2D eigenvalue weighted by Gasteiger charge is -2.58. The Balaban J connectivity index is 1.46. The Hall–Kier alpha value is -2.48. The fourth-order valence-electron chi connectivity index (χ4n) is 7.19. The molecule has 0 aromatic heterocycles. The van der Waals surface area contributed by atoms with E-state index in [1.807, 2.05) is 20.1 Å². The molecular weight excluding hydrogens is 612 g/mol. The number of ether oxygens (including phenoxy) is 7. The van der Waals surface area contributed by atoms with Crippen LogP contribution in [0.4, 0.5) is 4.79 Å². The molecule has 3 fully saturated rings. The second kappa shape index (κ2) is 13.5. The highest BCUT2D eigenvalue weighted by molar-refractivity contribution is 8.76. The smallest absolute Gasteiger partial charge is 0.463 e. The fourth-order valence-corrected chi connectivity index (χ4v) is 8.21. The molecule has 0 radical (unpaired) electrons. The van der Waals surface area contributed by atoms with Gasteiger partial charge in [-0.05, 0) is 32.4 Å². The van der Waals surface area contributed by atoms with Crippen LogP contribution in [0, 0.1) is 16.7 Å². The third-order valence-corrected chi connectivity index (χ3v) is 11.6. The van der Waals surface area contributed by atoms with Gasteiger partial charge in [0.15, 0.2) is 0 Å². The van der Waals surface area contributed by atoms with Gasteiger partial charge in [0.1, 0.15) is 24.9 Å². The third-order valence-electron chi connectivity index (χ3n) is 9.82. The zero-order chi connectivity index (χ0) is 31.5. The SMILES string of the molecule is CSSCCOC(=O)O[C@@H]1C(=O)OC[C@]23CCC(C)=C[C@H]2O[C@@H]2C[C@@H](OC(=O)/C=C\C=C\C(=O)OCC[C@H]1C)[C@@]3(C)[C@]21CO1. The Morgan fingerprint density at radius 3 is 2.57 bits per heavy atom. The van der Waals surface area contributed by atoms with E-state index in [-0.39, 0.29) is 32.3 Å². The van der Waals surface area contributed by atoms with E-state index < -0.39 is 64.7 Å². The molecule has 2 saturated heterocycles. The molecule has 5 aliphatic rings. The van der Waals surface area contributed by atoms with Crippen molar-refractivity contribution < 1.29 is 52.3 Å². The van der Waals surface area contributed by atoms with Gasteiger partial charge in [0.25, 0.3) is 0 Å². The van der Waals surface area contributed by atoms with Gasteiger partial charge in [0, 0.05) is 35.7 Å². The lowest BCUT2D eigenvalue weighted by atomic mass is 9.51. The van der Waals surface area contributed by atoms with Crippen LogP contribution in [0.3, 0.4) is 0 Å². The van der Waals surface area contributed by atoms with Crippen LogP contribution in [0.2, 0.25) is 0 Å². The summed E-state index contributed by atoms with van der Waals surface area (Å²) in [7, 11) is 3.07. The molecule has 242 valence electrons. The topological polar surface area (TPSA) is 136 Å². The molecule has 2 bridgehead atoms. The van der Waals surface area contributed by atoms with Crippen molar-refractivity contribution in [2.75, 3.05) is 38.4 Å². The molecule has 0 amide bonds. The molecule has 2 aliphatic carbocycles. The molecule has 2 spiro atoms. The molecule has 8 atom stereocenters. The van der Waals surface area contributed by atoms with Crippen molar-refractivity contribution in [1.82, 2.24) is 0 Å². The Labute approximate surface area is 265 Å². The van der Waals surface area contributed by atoms with Gasteiger partial charge in [-0.15, -0.1) is 0 Å². The maximum atomic E-state index is 13.8. The van der Waals surface area contributed by atoms with E-state index in [1.54, 1.807) is 17.7 Å². The highest BCUT2D eigenvalue weighted by atomic mass is 33.1. The summed E-state index contributed by atoms with van der Waals surface area (Å²) >= 11 is 0. The Bertz CT molecular complexity index is 1230. The molecule has 0 aromatic carbocycles. The largest absolute Gasteiger partial charge is 0.509 e. The highest BCUT2D eigenvalue weighted by Crippen LogP contribution is 2.72. The summed E-state index contributed by atoms with van der Waals surface area (Å²) in [5.74, 6) is -1.94. The molecule has 0 N–H and O–H groups in total. The second-order valence-electron chi connectivity index (χ2n) is 12.1. The number of esters is 3. The molecule has 1 saturated carbocycles. The third kappa shape index (κ3) is 6.17. The van der Waals surface area contributed by atoms with Crippen LogP contribution in [0.5, 0.6) is 0 Å². The first-order valence-electron chi connectivity index (χ1n) is 14.9. The normalized spacial score (nSPS) is 40.2. The summed E-state index contributed by atoms with van der Waals surface area (Å²) in [6.45, 7) is 6.27. The van der Waals surface area contributed by atoms with Gasteiger partial charge in [-0.2, -0.15) is 0 Å². The van der Waals surface area contributed by atoms with Crippen LogP contribution in [0.1, 0.15) is 46.5 Å². The number of hydrogen-bond acceptors (Lipinski definition) is 13. The standard InChI is InChI=1S/C31H40O11S2/c1-19-9-11-30-17-38-27(34)26(42-28(35)37-13-14-44-43-4)20(2)10-12-36-24(32)7-5-6-8-25(33)41-21-16-23(40-22(30)15-19)31(18-39-31)29(21,30)3/h5-8,15,20-23,26H,9-14,16-18H2,1-4H3/b7-5+,8-6-/t20-,21-,22-,23-,26+,29-,30-,31+/m1/s1. The van der Waals surface area contributed by atoms with Gasteiger partial charge < -0.3 is 33.2 Å². The minimum Gasteiger partial charge on any atom is -0.463 e. The average Bonchev–Trinajstić information content (AvgIpc) is 3.77. The molecule has 0 aromatic rings. The van der Waals surface area contributed by atoms with E-state index >= 15 is 0 Å². The molecule has 44 heavy (non-hydrogen) atoms. The van der Waals surface area contributed by atoms with Crippen molar-refractivity contribution in [3.8, 4) is 0 Å². The maximum Gasteiger partial charge on any atom is 0.509 e. The van der Waals surface area contributed by atoms with Crippen LogP contribution in [0.25, 0.3) is 0 Å². The lowest BCUT2D eigenvalue weighted by molar-refractivity contribution is -0.234. The summed E-state index contributed by atoms with van der Waals surface area (Å²) in [6.07, 6.45) is 7.69. The quantitative estimate of drug-likeness (QED) is 0.104. The van der Waals surface area contributed by atoms with Crippen molar-refractivity contribution in [2.24, 2.45) is 16.7 Å².